The lowest BCUT2D eigenvalue weighted by molar-refractivity contribution is -0.909. The van der Waals surface area contributed by atoms with Crippen molar-refractivity contribution in [1.82, 2.24) is 0 Å². The molecule has 2 unspecified atom stereocenters. The first-order chi connectivity index (χ1) is 14.3. The van der Waals surface area contributed by atoms with Crippen LogP contribution in [0.25, 0.3) is 0 Å². The molecule has 30 heavy (non-hydrogen) atoms. The van der Waals surface area contributed by atoms with Gasteiger partial charge in [-0.1, -0.05) is 24.3 Å². The van der Waals surface area contributed by atoms with Gasteiger partial charge in [0.2, 0.25) is 0 Å². The molecule has 0 amide bonds. The van der Waals surface area contributed by atoms with Gasteiger partial charge in [0.15, 0.2) is 17.6 Å². The van der Waals surface area contributed by atoms with Crippen LogP contribution >= 0.6 is 27.3 Å². The quantitative estimate of drug-likeness (QED) is 0.331. The number of nitrogens with zero attached hydrogens (tertiary/aromatic N) is 1. The van der Waals surface area contributed by atoms with Crippen LogP contribution in [0, 0.1) is 5.21 Å². The van der Waals surface area contributed by atoms with Crippen LogP contribution in [-0.2, 0) is 13.1 Å². The van der Waals surface area contributed by atoms with Crippen molar-refractivity contribution in [1.29, 1.82) is 0 Å². The van der Waals surface area contributed by atoms with E-state index in [1.807, 2.05) is 29.6 Å². The van der Waals surface area contributed by atoms with Crippen LogP contribution < -0.4 is 14.2 Å². The standard InChI is InChI=1S/C21H16BrF2NO4S/c22-15-8-9-30-19(15)12-25(26)10-13-4-1-2-6-16(13)27-18(11-25)14-5-3-7-17-20(14)29-21(23,24)28-17/h1-9,18H,10-12H2. The lowest BCUT2D eigenvalue weighted by Crippen LogP contribution is -2.43. The molecular formula is C21H16BrF2NO4S. The highest BCUT2D eigenvalue weighted by molar-refractivity contribution is 9.10. The summed E-state index contributed by atoms with van der Waals surface area (Å²) < 4.78 is 43.2. The number of alkyl halides is 2. The lowest BCUT2D eigenvalue weighted by atomic mass is 10.1. The minimum Gasteiger partial charge on any atom is -0.632 e. The van der Waals surface area contributed by atoms with E-state index in [1.54, 1.807) is 18.2 Å². The first-order valence-corrected chi connectivity index (χ1v) is 10.9. The summed E-state index contributed by atoms with van der Waals surface area (Å²) in [6, 6.07) is 13.9. The average Bonchev–Trinajstić information content (AvgIpc) is 3.17. The Bertz CT molecular complexity index is 1110. The van der Waals surface area contributed by atoms with E-state index in [0.717, 1.165) is 14.9 Å². The topological polar surface area (TPSA) is 50.8 Å². The first kappa shape index (κ1) is 19.7. The first-order valence-electron chi connectivity index (χ1n) is 9.24. The molecule has 3 aromatic rings. The molecule has 0 N–H and O–H groups in total. The third-order valence-electron chi connectivity index (χ3n) is 5.13. The van der Waals surface area contributed by atoms with Crippen molar-refractivity contribution in [3.63, 3.8) is 0 Å². The predicted octanol–water partition coefficient (Wildman–Crippen LogP) is 5.98. The molecule has 0 saturated carbocycles. The van der Waals surface area contributed by atoms with Crippen molar-refractivity contribution in [2.75, 3.05) is 6.54 Å². The van der Waals surface area contributed by atoms with Crippen molar-refractivity contribution in [2.24, 2.45) is 0 Å². The molecule has 0 radical (unpaired) electrons. The number of ether oxygens (including phenoxy) is 3. The molecule has 156 valence electrons. The van der Waals surface area contributed by atoms with Gasteiger partial charge in [0.25, 0.3) is 0 Å². The van der Waals surface area contributed by atoms with Crippen LogP contribution in [0.3, 0.4) is 0 Å². The molecule has 2 aliphatic heterocycles. The van der Waals surface area contributed by atoms with Gasteiger partial charge < -0.3 is 24.1 Å². The Morgan fingerprint density at radius 1 is 1.10 bits per heavy atom. The van der Waals surface area contributed by atoms with Crippen molar-refractivity contribution in [3.05, 3.63) is 79.6 Å². The minimum atomic E-state index is -3.74. The lowest BCUT2D eigenvalue weighted by Gasteiger charge is -2.42. The van der Waals surface area contributed by atoms with E-state index >= 15 is 0 Å². The van der Waals surface area contributed by atoms with Gasteiger partial charge >= 0.3 is 6.29 Å². The monoisotopic (exact) mass is 495 g/mol. The van der Waals surface area contributed by atoms with Gasteiger partial charge in [-0.2, -0.15) is 0 Å². The fraction of sp³-hybridized carbons (Fsp3) is 0.238. The van der Waals surface area contributed by atoms with E-state index in [-0.39, 0.29) is 31.1 Å². The fourth-order valence-electron chi connectivity index (χ4n) is 3.84. The summed E-state index contributed by atoms with van der Waals surface area (Å²) in [6.07, 6.45) is -4.52. The van der Waals surface area contributed by atoms with Crippen LogP contribution in [0.5, 0.6) is 17.2 Å². The van der Waals surface area contributed by atoms with E-state index in [9.17, 15) is 14.0 Å². The Labute approximate surface area is 183 Å². The molecule has 5 nitrogen and oxygen atoms in total. The van der Waals surface area contributed by atoms with Crippen LogP contribution in [0.15, 0.2) is 58.4 Å². The number of fused-ring (bicyclic) bond motifs is 2. The van der Waals surface area contributed by atoms with Gasteiger partial charge in [-0.3, -0.25) is 0 Å². The smallest absolute Gasteiger partial charge is 0.586 e. The molecule has 0 saturated heterocycles. The normalized spacial score (nSPS) is 24.1. The van der Waals surface area contributed by atoms with Crippen LogP contribution in [0.4, 0.5) is 8.78 Å². The van der Waals surface area contributed by atoms with Crippen LogP contribution in [0.1, 0.15) is 22.1 Å². The van der Waals surface area contributed by atoms with Gasteiger partial charge in [-0.15, -0.1) is 20.1 Å². The number of halogens is 3. The molecular weight excluding hydrogens is 480 g/mol. The van der Waals surface area contributed by atoms with E-state index < -0.39 is 17.0 Å². The van der Waals surface area contributed by atoms with Crippen LogP contribution in [0.2, 0.25) is 0 Å². The zero-order valence-electron chi connectivity index (χ0n) is 15.5. The maximum absolute atomic E-state index is 14.0. The number of quaternary nitrogens is 1. The molecule has 9 heteroatoms. The van der Waals surface area contributed by atoms with E-state index in [1.165, 1.54) is 17.4 Å². The van der Waals surface area contributed by atoms with E-state index in [0.29, 0.717) is 11.3 Å². The summed E-state index contributed by atoms with van der Waals surface area (Å²) >= 11 is 4.99. The Morgan fingerprint density at radius 2 is 1.90 bits per heavy atom. The molecule has 2 aromatic carbocycles. The Hall–Kier alpha value is -2.20. The zero-order valence-corrected chi connectivity index (χ0v) is 17.9. The summed E-state index contributed by atoms with van der Waals surface area (Å²) in [4.78, 5) is 0.924. The highest BCUT2D eigenvalue weighted by atomic mass is 79.9. The number of thiophene rings is 1. The van der Waals surface area contributed by atoms with Crippen molar-refractivity contribution < 1.29 is 27.6 Å². The molecule has 2 aliphatic rings. The van der Waals surface area contributed by atoms with Gasteiger partial charge in [0, 0.05) is 15.6 Å². The molecule has 5 rings (SSSR count). The third-order valence-corrected chi connectivity index (χ3v) is 7.04. The summed E-state index contributed by atoms with van der Waals surface area (Å²) in [7, 11) is 0. The predicted molar refractivity (Wildman–Crippen MR) is 110 cm³/mol. The number of hydrogen-bond acceptors (Lipinski definition) is 5. The second-order valence-electron chi connectivity index (χ2n) is 7.30. The Kier molecular flexibility index (Phi) is 4.73. The highest BCUT2D eigenvalue weighted by Gasteiger charge is 2.46. The molecule has 0 bridgehead atoms. The van der Waals surface area contributed by atoms with Gasteiger partial charge in [-0.25, -0.2) is 0 Å². The molecule has 1 aromatic heterocycles. The van der Waals surface area contributed by atoms with E-state index in [2.05, 4.69) is 20.7 Å². The van der Waals surface area contributed by atoms with Gasteiger partial charge in [0.05, 0.1) is 4.88 Å². The summed E-state index contributed by atoms with van der Waals surface area (Å²) in [5, 5.41) is 15.9. The average molecular weight is 496 g/mol. The van der Waals surface area contributed by atoms with Gasteiger partial charge in [-0.05, 0) is 45.6 Å². The zero-order chi connectivity index (χ0) is 20.9. The summed E-state index contributed by atoms with van der Waals surface area (Å²) in [5.74, 6) is 0.409. The Morgan fingerprint density at radius 3 is 2.70 bits per heavy atom. The highest BCUT2D eigenvalue weighted by Crippen LogP contribution is 2.47. The number of hydrogen-bond donors (Lipinski definition) is 0. The van der Waals surface area contributed by atoms with Crippen LogP contribution in [-0.4, -0.2) is 17.5 Å². The van der Waals surface area contributed by atoms with Crippen molar-refractivity contribution in [2.45, 2.75) is 25.5 Å². The van der Waals surface area contributed by atoms with E-state index in [4.69, 9.17) is 9.47 Å². The molecule has 0 spiro atoms. The maximum atomic E-state index is 14.0. The maximum Gasteiger partial charge on any atom is 0.586 e. The van der Waals surface area contributed by atoms with Gasteiger partial charge in [0.1, 0.15) is 25.4 Å². The minimum absolute atomic E-state index is 0.0321. The number of rotatable bonds is 3. The van der Waals surface area contributed by atoms with Crippen molar-refractivity contribution >= 4 is 27.3 Å². The fourth-order valence-corrected chi connectivity index (χ4v) is 5.41. The number of para-hydroxylation sites is 2. The Balaban J connectivity index is 1.56. The third kappa shape index (κ3) is 3.66. The van der Waals surface area contributed by atoms with Crippen molar-refractivity contribution in [3.8, 4) is 17.2 Å². The second kappa shape index (κ2) is 7.19. The molecule has 3 heterocycles. The number of hydroxylamine groups is 3. The molecule has 0 aliphatic carbocycles. The summed E-state index contributed by atoms with van der Waals surface area (Å²) in [6.45, 7) is 0.471. The molecule has 0 fully saturated rings. The SMILES string of the molecule is [O-][N+]1(Cc2sccc2Br)Cc2ccccc2OC(c2cccc3c2OC(F)(F)O3)C1. The number of benzene rings is 2. The summed E-state index contributed by atoms with van der Waals surface area (Å²) in [5.41, 5.74) is 1.14. The molecule has 2 atom stereocenters. The second-order valence-corrected chi connectivity index (χ2v) is 9.16. The largest absolute Gasteiger partial charge is 0.632 e.